The van der Waals surface area contributed by atoms with Crippen LogP contribution in [0.1, 0.15) is 11.3 Å². The quantitative estimate of drug-likeness (QED) is 0.727. The molecule has 4 rings (SSSR count). The van der Waals surface area contributed by atoms with Crippen LogP contribution < -0.4 is 0 Å². The maximum absolute atomic E-state index is 12.8. The van der Waals surface area contributed by atoms with E-state index in [-0.39, 0.29) is 0 Å². The number of rotatable bonds is 2. The molecule has 0 saturated carbocycles. The van der Waals surface area contributed by atoms with Gasteiger partial charge in [0.1, 0.15) is 0 Å². The molecule has 0 spiro atoms. The number of benzene rings is 2. The second-order valence-electron chi connectivity index (χ2n) is 5.90. The maximum atomic E-state index is 12.8. The molecule has 0 saturated heterocycles. The van der Waals surface area contributed by atoms with Crippen LogP contribution in [0.5, 0.6) is 0 Å². The van der Waals surface area contributed by atoms with Crippen LogP contribution in [-0.2, 0) is 30.0 Å². The third-order valence-corrected chi connectivity index (χ3v) is 6.52. The van der Waals surface area contributed by atoms with Crippen molar-refractivity contribution in [3.05, 3.63) is 65.9 Å². The molecule has 4 nitrogen and oxygen atoms in total. The van der Waals surface area contributed by atoms with Crippen molar-refractivity contribution in [1.29, 1.82) is 0 Å². The number of sulfonamides is 1. The van der Waals surface area contributed by atoms with Crippen molar-refractivity contribution in [2.45, 2.75) is 17.9 Å². The maximum Gasteiger partial charge on any atom is 0.243 e. The zero-order chi connectivity index (χ0) is 16.0. The van der Waals surface area contributed by atoms with E-state index in [2.05, 4.69) is 16.7 Å². The number of aryl methyl sites for hydroxylation is 1. The molecule has 5 heteroatoms. The summed E-state index contributed by atoms with van der Waals surface area (Å²) in [7, 11) is -1.43. The van der Waals surface area contributed by atoms with Gasteiger partial charge in [-0.1, -0.05) is 36.4 Å². The van der Waals surface area contributed by atoms with Gasteiger partial charge in [0.15, 0.2) is 0 Å². The second kappa shape index (κ2) is 5.22. The molecule has 1 aliphatic heterocycles. The summed E-state index contributed by atoms with van der Waals surface area (Å²) in [5.41, 5.74) is 3.54. The van der Waals surface area contributed by atoms with Crippen molar-refractivity contribution in [1.82, 2.24) is 8.87 Å². The highest BCUT2D eigenvalue weighted by atomic mass is 32.2. The van der Waals surface area contributed by atoms with Gasteiger partial charge >= 0.3 is 0 Å². The molecule has 0 N–H and O–H groups in total. The number of fused-ring (bicyclic) bond motifs is 3. The van der Waals surface area contributed by atoms with Gasteiger partial charge < -0.3 is 4.57 Å². The second-order valence-corrected chi connectivity index (χ2v) is 7.84. The molecule has 1 aromatic heterocycles. The van der Waals surface area contributed by atoms with Crippen LogP contribution in [0.4, 0.5) is 0 Å². The lowest BCUT2D eigenvalue weighted by molar-refractivity contribution is 0.383. The highest BCUT2D eigenvalue weighted by molar-refractivity contribution is 7.89. The summed E-state index contributed by atoms with van der Waals surface area (Å²) in [6.45, 7) is 0.954. The lowest BCUT2D eigenvalue weighted by Gasteiger charge is -2.27. The predicted molar refractivity (Wildman–Crippen MR) is 90.7 cm³/mol. The van der Waals surface area contributed by atoms with Crippen LogP contribution in [0.25, 0.3) is 10.9 Å². The van der Waals surface area contributed by atoms with Gasteiger partial charge in [0.05, 0.1) is 11.4 Å². The van der Waals surface area contributed by atoms with Crippen LogP contribution in [0, 0.1) is 0 Å². The zero-order valence-corrected chi connectivity index (χ0v) is 13.8. The fourth-order valence-corrected chi connectivity index (χ4v) is 4.86. The van der Waals surface area contributed by atoms with Crippen molar-refractivity contribution in [3.8, 4) is 0 Å². The highest BCUT2D eigenvalue weighted by Crippen LogP contribution is 2.32. The molecule has 0 unspecified atom stereocenters. The van der Waals surface area contributed by atoms with Crippen molar-refractivity contribution < 1.29 is 8.42 Å². The molecule has 0 atom stereocenters. The molecular weight excluding hydrogens is 308 g/mol. The monoisotopic (exact) mass is 326 g/mol. The predicted octanol–water partition coefficient (Wildman–Crippen LogP) is 2.93. The Morgan fingerprint density at radius 1 is 0.957 bits per heavy atom. The molecule has 23 heavy (non-hydrogen) atoms. The van der Waals surface area contributed by atoms with Gasteiger partial charge in [-0.25, -0.2) is 8.42 Å². The molecule has 1 aliphatic rings. The first-order chi connectivity index (χ1) is 11.1. The van der Waals surface area contributed by atoms with Crippen LogP contribution in [0.3, 0.4) is 0 Å². The summed E-state index contributed by atoms with van der Waals surface area (Å²) in [6, 6.07) is 16.9. The SMILES string of the molecule is Cn1c2c(c3ccccc31)CCN(S(=O)(=O)c1ccccc1)C2. The summed E-state index contributed by atoms with van der Waals surface area (Å²) in [6.07, 6.45) is 0.753. The van der Waals surface area contributed by atoms with Gasteiger partial charge in [-0.15, -0.1) is 0 Å². The fraction of sp³-hybridized carbons (Fsp3) is 0.222. The summed E-state index contributed by atoms with van der Waals surface area (Å²) in [4.78, 5) is 0.363. The van der Waals surface area contributed by atoms with E-state index in [4.69, 9.17) is 0 Å². The van der Waals surface area contributed by atoms with E-state index < -0.39 is 10.0 Å². The van der Waals surface area contributed by atoms with Crippen molar-refractivity contribution in [2.75, 3.05) is 6.54 Å². The van der Waals surface area contributed by atoms with Gasteiger partial charge in [0.2, 0.25) is 10.0 Å². The standard InChI is InChI=1S/C18H18N2O2S/c1-19-17-10-6-5-9-15(17)16-11-12-20(13-18(16)19)23(21,22)14-7-3-2-4-8-14/h2-10H,11-13H2,1H3. The molecule has 0 radical (unpaired) electrons. The zero-order valence-electron chi connectivity index (χ0n) is 12.9. The molecule has 0 amide bonds. The van der Waals surface area contributed by atoms with Crippen LogP contribution >= 0.6 is 0 Å². The van der Waals surface area contributed by atoms with E-state index >= 15 is 0 Å². The molecular formula is C18H18N2O2S. The highest BCUT2D eigenvalue weighted by Gasteiger charge is 2.30. The average Bonchev–Trinajstić information content (AvgIpc) is 2.88. The Hall–Kier alpha value is -2.11. The Balaban J connectivity index is 1.78. The Morgan fingerprint density at radius 3 is 2.43 bits per heavy atom. The number of nitrogens with zero attached hydrogens (tertiary/aromatic N) is 2. The van der Waals surface area contributed by atoms with Crippen LogP contribution in [-0.4, -0.2) is 23.8 Å². The topological polar surface area (TPSA) is 42.3 Å². The van der Waals surface area contributed by atoms with Crippen molar-refractivity contribution >= 4 is 20.9 Å². The summed E-state index contributed by atoms with van der Waals surface area (Å²) in [5, 5.41) is 1.24. The number of hydrogen-bond donors (Lipinski definition) is 0. The fourth-order valence-electron chi connectivity index (χ4n) is 3.43. The van der Waals surface area contributed by atoms with Crippen molar-refractivity contribution in [3.63, 3.8) is 0 Å². The normalized spacial score (nSPS) is 15.7. The lowest BCUT2D eigenvalue weighted by atomic mass is 10.1. The molecule has 118 valence electrons. The smallest absolute Gasteiger partial charge is 0.243 e. The van der Waals surface area contributed by atoms with Gasteiger partial charge in [0.25, 0.3) is 0 Å². The first-order valence-corrected chi connectivity index (χ1v) is 9.13. The van der Waals surface area contributed by atoms with Crippen molar-refractivity contribution in [2.24, 2.45) is 7.05 Å². The number of hydrogen-bond acceptors (Lipinski definition) is 2. The van der Waals surface area contributed by atoms with E-state index in [9.17, 15) is 8.42 Å². The number of aromatic nitrogens is 1. The first kappa shape index (κ1) is 14.5. The Kier molecular flexibility index (Phi) is 3.28. The Labute approximate surface area is 136 Å². The third-order valence-electron chi connectivity index (χ3n) is 4.66. The summed E-state index contributed by atoms with van der Waals surface area (Å²) >= 11 is 0. The molecule has 2 heterocycles. The van der Waals surface area contributed by atoms with Gasteiger partial charge in [-0.3, -0.25) is 0 Å². The van der Waals surface area contributed by atoms with E-state index in [1.165, 1.54) is 10.9 Å². The molecule has 3 aromatic rings. The van der Waals surface area contributed by atoms with Gasteiger partial charge in [-0.05, 0) is 30.2 Å². The Morgan fingerprint density at radius 2 is 1.65 bits per heavy atom. The van der Waals surface area contributed by atoms with E-state index in [1.807, 2.05) is 25.2 Å². The first-order valence-electron chi connectivity index (χ1n) is 7.69. The molecule has 2 aromatic carbocycles. The largest absolute Gasteiger partial charge is 0.346 e. The molecule has 0 aliphatic carbocycles. The Bertz CT molecular complexity index is 975. The molecule has 0 fully saturated rings. The minimum Gasteiger partial charge on any atom is -0.346 e. The van der Waals surface area contributed by atoms with E-state index in [0.717, 1.165) is 17.6 Å². The van der Waals surface area contributed by atoms with Gasteiger partial charge in [0, 0.05) is 30.2 Å². The third kappa shape index (κ3) is 2.19. The van der Waals surface area contributed by atoms with Crippen LogP contribution in [0.2, 0.25) is 0 Å². The minimum absolute atomic E-state index is 0.363. The van der Waals surface area contributed by atoms with Gasteiger partial charge in [-0.2, -0.15) is 4.31 Å². The van der Waals surface area contributed by atoms with E-state index in [1.54, 1.807) is 28.6 Å². The van der Waals surface area contributed by atoms with Crippen LogP contribution in [0.15, 0.2) is 59.5 Å². The van der Waals surface area contributed by atoms with E-state index in [0.29, 0.717) is 18.0 Å². The molecule has 0 bridgehead atoms. The summed E-state index contributed by atoms with van der Waals surface area (Å²) < 4.78 is 29.4. The number of para-hydroxylation sites is 1. The summed E-state index contributed by atoms with van der Waals surface area (Å²) in [5.74, 6) is 0. The minimum atomic E-state index is -3.44. The average molecular weight is 326 g/mol. The lowest BCUT2D eigenvalue weighted by Crippen LogP contribution is -2.36.